The zero-order chi connectivity index (χ0) is 11.5. The molecule has 1 fully saturated rings. The summed E-state index contributed by atoms with van der Waals surface area (Å²) in [6.45, 7) is 1.19. The van der Waals surface area contributed by atoms with Crippen LogP contribution < -0.4 is 4.74 Å². The summed E-state index contributed by atoms with van der Waals surface area (Å²) in [6, 6.07) is 6.75. The maximum absolute atomic E-state index is 5.30. The fourth-order valence-corrected chi connectivity index (χ4v) is 2.88. The average Bonchev–Trinajstić information content (AvgIpc) is 2.31. The Bertz CT molecular complexity index is 367. The highest BCUT2D eigenvalue weighted by Crippen LogP contribution is 2.35. The predicted octanol–water partition coefficient (Wildman–Crippen LogP) is 3.61. The van der Waals surface area contributed by atoms with Crippen LogP contribution in [-0.4, -0.2) is 25.6 Å². The lowest BCUT2D eigenvalue weighted by Gasteiger charge is -2.33. The van der Waals surface area contributed by atoms with Crippen molar-refractivity contribution in [3.8, 4) is 5.75 Å². The molecule has 1 heterocycles. The predicted molar refractivity (Wildman–Crippen MR) is 69.9 cm³/mol. The summed E-state index contributed by atoms with van der Waals surface area (Å²) >= 11 is 3.64. The standard InChI is InChI=1S/C13H18BrNO/c1-15-8-4-3-5-13(15)11-9-10(16-2)6-7-12(11)14/h6-7,9,13H,3-5,8H2,1-2H3. The first-order chi connectivity index (χ1) is 7.72. The fourth-order valence-electron chi connectivity index (χ4n) is 2.37. The van der Waals surface area contributed by atoms with Crippen LogP contribution >= 0.6 is 15.9 Å². The molecule has 1 aliphatic rings. The Hall–Kier alpha value is -0.540. The molecule has 0 aliphatic carbocycles. The van der Waals surface area contributed by atoms with Crippen LogP contribution in [0, 0.1) is 0 Å². The summed E-state index contributed by atoms with van der Waals surface area (Å²) in [5.41, 5.74) is 1.35. The zero-order valence-corrected chi connectivity index (χ0v) is 11.5. The maximum atomic E-state index is 5.30. The van der Waals surface area contributed by atoms with E-state index in [1.54, 1.807) is 7.11 Å². The van der Waals surface area contributed by atoms with E-state index in [-0.39, 0.29) is 0 Å². The molecule has 0 N–H and O–H groups in total. The monoisotopic (exact) mass is 283 g/mol. The molecule has 0 radical (unpaired) electrons. The number of rotatable bonds is 2. The highest BCUT2D eigenvalue weighted by molar-refractivity contribution is 9.10. The number of nitrogens with zero attached hydrogens (tertiary/aromatic N) is 1. The van der Waals surface area contributed by atoms with Crippen LogP contribution in [0.2, 0.25) is 0 Å². The minimum absolute atomic E-state index is 0.526. The van der Waals surface area contributed by atoms with E-state index in [0.717, 1.165) is 5.75 Å². The van der Waals surface area contributed by atoms with E-state index < -0.39 is 0 Å². The molecule has 1 atom stereocenters. The van der Waals surface area contributed by atoms with Gasteiger partial charge in [-0.15, -0.1) is 0 Å². The van der Waals surface area contributed by atoms with Gasteiger partial charge in [-0.2, -0.15) is 0 Å². The first-order valence-electron chi connectivity index (χ1n) is 5.76. The summed E-state index contributed by atoms with van der Waals surface area (Å²) < 4.78 is 6.48. The smallest absolute Gasteiger partial charge is 0.119 e. The van der Waals surface area contributed by atoms with Gasteiger partial charge in [0.25, 0.3) is 0 Å². The minimum Gasteiger partial charge on any atom is -0.497 e. The van der Waals surface area contributed by atoms with Gasteiger partial charge in [0, 0.05) is 10.5 Å². The molecule has 2 nitrogen and oxygen atoms in total. The van der Waals surface area contributed by atoms with Gasteiger partial charge in [0.2, 0.25) is 0 Å². The first-order valence-corrected chi connectivity index (χ1v) is 6.55. The number of methoxy groups -OCH3 is 1. The van der Waals surface area contributed by atoms with Gasteiger partial charge in [-0.05, 0) is 50.2 Å². The lowest BCUT2D eigenvalue weighted by molar-refractivity contribution is 0.186. The summed E-state index contributed by atoms with van der Waals surface area (Å²) in [5, 5.41) is 0. The molecule has 0 bridgehead atoms. The van der Waals surface area contributed by atoms with Crippen molar-refractivity contribution >= 4 is 15.9 Å². The Balaban J connectivity index is 2.30. The van der Waals surface area contributed by atoms with Crippen molar-refractivity contribution in [3.05, 3.63) is 28.2 Å². The minimum atomic E-state index is 0.526. The van der Waals surface area contributed by atoms with E-state index in [1.807, 2.05) is 6.07 Å². The van der Waals surface area contributed by atoms with Gasteiger partial charge in [-0.3, -0.25) is 4.90 Å². The van der Waals surface area contributed by atoms with Gasteiger partial charge in [-0.1, -0.05) is 22.4 Å². The Kier molecular flexibility index (Phi) is 3.87. The SMILES string of the molecule is COc1ccc(Br)c(C2CCCCN2C)c1. The van der Waals surface area contributed by atoms with Crippen molar-refractivity contribution < 1.29 is 4.74 Å². The fraction of sp³-hybridized carbons (Fsp3) is 0.538. The van der Waals surface area contributed by atoms with E-state index in [0.29, 0.717) is 6.04 Å². The number of piperidine rings is 1. The third-order valence-electron chi connectivity index (χ3n) is 3.33. The zero-order valence-electron chi connectivity index (χ0n) is 9.87. The summed E-state index contributed by atoms with van der Waals surface area (Å²) in [6.07, 6.45) is 3.87. The molecular formula is C13H18BrNO. The van der Waals surface area contributed by atoms with Crippen molar-refractivity contribution in [3.63, 3.8) is 0 Å². The molecule has 1 aromatic rings. The van der Waals surface area contributed by atoms with Crippen LogP contribution in [-0.2, 0) is 0 Å². The number of benzene rings is 1. The molecule has 0 aromatic heterocycles. The quantitative estimate of drug-likeness (QED) is 0.822. The Labute approximate surface area is 106 Å². The van der Waals surface area contributed by atoms with Crippen molar-refractivity contribution in [2.75, 3.05) is 20.7 Å². The summed E-state index contributed by atoms with van der Waals surface area (Å²) in [4.78, 5) is 2.43. The molecule has 1 aromatic carbocycles. The second kappa shape index (κ2) is 5.19. The number of hydrogen-bond donors (Lipinski definition) is 0. The molecule has 1 saturated heterocycles. The van der Waals surface area contributed by atoms with Crippen LogP contribution in [0.3, 0.4) is 0 Å². The van der Waals surface area contributed by atoms with E-state index >= 15 is 0 Å². The van der Waals surface area contributed by atoms with Crippen LogP contribution in [0.15, 0.2) is 22.7 Å². The number of likely N-dealkylation sites (tertiary alicyclic amines) is 1. The maximum Gasteiger partial charge on any atom is 0.119 e. The second-order valence-corrected chi connectivity index (χ2v) is 5.23. The summed E-state index contributed by atoms with van der Waals surface area (Å²) in [7, 11) is 3.92. The second-order valence-electron chi connectivity index (χ2n) is 4.38. The molecule has 1 unspecified atom stereocenters. The number of halogens is 1. The largest absolute Gasteiger partial charge is 0.497 e. The van der Waals surface area contributed by atoms with E-state index in [1.165, 1.54) is 35.8 Å². The molecule has 16 heavy (non-hydrogen) atoms. The van der Waals surface area contributed by atoms with E-state index in [9.17, 15) is 0 Å². The Morgan fingerprint density at radius 3 is 2.88 bits per heavy atom. The van der Waals surface area contributed by atoms with Crippen LogP contribution in [0.4, 0.5) is 0 Å². The van der Waals surface area contributed by atoms with Crippen molar-refractivity contribution in [1.29, 1.82) is 0 Å². The third-order valence-corrected chi connectivity index (χ3v) is 4.05. The molecule has 0 spiro atoms. The topological polar surface area (TPSA) is 12.5 Å². The third kappa shape index (κ3) is 2.41. The lowest BCUT2D eigenvalue weighted by atomic mass is 9.96. The molecule has 1 aliphatic heterocycles. The van der Waals surface area contributed by atoms with E-state index in [4.69, 9.17) is 4.74 Å². The van der Waals surface area contributed by atoms with Crippen molar-refractivity contribution in [2.45, 2.75) is 25.3 Å². The highest BCUT2D eigenvalue weighted by atomic mass is 79.9. The molecule has 0 saturated carbocycles. The summed E-state index contributed by atoms with van der Waals surface area (Å²) in [5.74, 6) is 0.942. The van der Waals surface area contributed by atoms with Gasteiger partial charge < -0.3 is 4.74 Å². The van der Waals surface area contributed by atoms with Crippen LogP contribution in [0.25, 0.3) is 0 Å². The van der Waals surface area contributed by atoms with Gasteiger partial charge >= 0.3 is 0 Å². The molecular weight excluding hydrogens is 266 g/mol. The van der Waals surface area contributed by atoms with E-state index in [2.05, 4.69) is 40.0 Å². The Morgan fingerprint density at radius 2 is 2.19 bits per heavy atom. The van der Waals surface area contributed by atoms with Gasteiger partial charge in [0.05, 0.1) is 7.11 Å². The highest BCUT2D eigenvalue weighted by Gasteiger charge is 2.22. The van der Waals surface area contributed by atoms with Crippen molar-refractivity contribution in [1.82, 2.24) is 4.90 Å². The molecule has 0 amide bonds. The Morgan fingerprint density at radius 1 is 1.38 bits per heavy atom. The molecule has 3 heteroatoms. The average molecular weight is 284 g/mol. The lowest BCUT2D eigenvalue weighted by Crippen LogP contribution is -2.29. The molecule has 88 valence electrons. The first kappa shape index (κ1) is 11.9. The van der Waals surface area contributed by atoms with Crippen LogP contribution in [0.1, 0.15) is 30.9 Å². The number of hydrogen-bond acceptors (Lipinski definition) is 2. The van der Waals surface area contributed by atoms with Crippen LogP contribution in [0.5, 0.6) is 5.75 Å². The molecule has 2 rings (SSSR count). The van der Waals surface area contributed by atoms with Gasteiger partial charge in [-0.25, -0.2) is 0 Å². The van der Waals surface area contributed by atoms with Gasteiger partial charge in [0.1, 0.15) is 5.75 Å². The normalized spacial score (nSPS) is 22.1. The number of ether oxygens (including phenoxy) is 1. The van der Waals surface area contributed by atoms with Gasteiger partial charge in [0.15, 0.2) is 0 Å². The van der Waals surface area contributed by atoms with Crippen molar-refractivity contribution in [2.24, 2.45) is 0 Å².